The van der Waals surface area contributed by atoms with Gasteiger partial charge in [-0.3, -0.25) is 4.79 Å². The fourth-order valence-corrected chi connectivity index (χ4v) is 3.90. The van der Waals surface area contributed by atoms with Crippen molar-refractivity contribution in [1.82, 2.24) is 0 Å². The number of thiophene rings is 1. The van der Waals surface area contributed by atoms with E-state index in [9.17, 15) is 10.1 Å². The van der Waals surface area contributed by atoms with Crippen LogP contribution in [0.3, 0.4) is 0 Å². The van der Waals surface area contributed by atoms with Crippen molar-refractivity contribution in [3.63, 3.8) is 0 Å². The Morgan fingerprint density at radius 1 is 1.58 bits per heavy atom. The normalized spacial score (nSPS) is 23.3. The predicted octanol–water partition coefficient (Wildman–Crippen LogP) is 2.17. The summed E-state index contributed by atoms with van der Waals surface area (Å²) in [6, 6.07) is 2.25. The van der Waals surface area contributed by atoms with Crippen LogP contribution < -0.4 is 11.1 Å². The zero-order chi connectivity index (χ0) is 13.6. The van der Waals surface area contributed by atoms with E-state index in [1.807, 2.05) is 0 Å². The van der Waals surface area contributed by atoms with Gasteiger partial charge in [0.25, 0.3) is 0 Å². The van der Waals surface area contributed by atoms with Crippen molar-refractivity contribution in [2.24, 2.45) is 11.7 Å². The Morgan fingerprint density at radius 3 is 2.95 bits per heavy atom. The first-order chi connectivity index (χ1) is 9.03. The summed E-state index contributed by atoms with van der Waals surface area (Å²) < 4.78 is 0. The first-order valence-electron chi connectivity index (χ1n) is 6.68. The molecule has 3 rings (SSSR count). The molecule has 1 heterocycles. The van der Waals surface area contributed by atoms with Crippen LogP contribution in [-0.2, 0) is 17.6 Å². The maximum Gasteiger partial charge on any atom is 0.245 e. The predicted molar refractivity (Wildman–Crippen MR) is 75.0 cm³/mol. The zero-order valence-corrected chi connectivity index (χ0v) is 11.8. The van der Waals surface area contributed by atoms with Gasteiger partial charge in [-0.05, 0) is 43.6 Å². The number of carbonyl (C=O) groups excluding carboxylic acids is 1. The molecule has 1 unspecified atom stereocenters. The highest BCUT2D eigenvalue weighted by Crippen LogP contribution is 2.40. The molecule has 3 N–H and O–H groups in total. The summed E-state index contributed by atoms with van der Waals surface area (Å²) >= 11 is 1.55. The second-order valence-electron chi connectivity index (χ2n) is 5.78. The summed E-state index contributed by atoms with van der Waals surface area (Å²) in [5.41, 5.74) is 6.99. The number of nitriles is 1. The third-order valence-corrected chi connectivity index (χ3v) is 5.26. The van der Waals surface area contributed by atoms with Crippen molar-refractivity contribution >= 4 is 22.2 Å². The molecule has 100 valence electrons. The Labute approximate surface area is 116 Å². The van der Waals surface area contributed by atoms with E-state index < -0.39 is 5.54 Å². The van der Waals surface area contributed by atoms with Gasteiger partial charge in [0, 0.05) is 4.88 Å². The van der Waals surface area contributed by atoms with E-state index in [1.165, 1.54) is 4.88 Å². The molecule has 1 fully saturated rings. The van der Waals surface area contributed by atoms with Crippen LogP contribution in [0.15, 0.2) is 0 Å². The molecular formula is C14H17N3OS. The maximum absolute atomic E-state index is 12.0. The topological polar surface area (TPSA) is 78.9 Å². The number of hydrogen-bond donors (Lipinski definition) is 2. The lowest BCUT2D eigenvalue weighted by atomic mass is 9.88. The van der Waals surface area contributed by atoms with Crippen molar-refractivity contribution in [2.75, 3.05) is 5.32 Å². The minimum Gasteiger partial charge on any atom is -0.317 e. The number of amides is 1. The second kappa shape index (κ2) is 4.32. The SMILES string of the molecule is CC1CCc2c(sc(NC(=O)C3(N)CC3)c2C#N)C1. The molecule has 1 aromatic heterocycles. The standard InChI is InChI=1S/C14H17N3OS/c1-8-2-3-9-10(7-15)12(19-11(9)6-8)17-13(18)14(16)4-5-14/h8H,2-6,16H2,1H3,(H,17,18). The number of nitrogens with one attached hydrogen (secondary N) is 1. The highest BCUT2D eigenvalue weighted by Gasteiger charge is 2.46. The molecule has 0 spiro atoms. The lowest BCUT2D eigenvalue weighted by Crippen LogP contribution is -2.37. The van der Waals surface area contributed by atoms with E-state index in [0.29, 0.717) is 16.5 Å². The number of nitrogens with zero attached hydrogens (tertiary/aromatic N) is 1. The van der Waals surface area contributed by atoms with Gasteiger partial charge in [0.15, 0.2) is 0 Å². The molecule has 19 heavy (non-hydrogen) atoms. The quantitative estimate of drug-likeness (QED) is 0.868. The molecule has 5 heteroatoms. The molecule has 0 saturated heterocycles. The van der Waals surface area contributed by atoms with Crippen molar-refractivity contribution in [2.45, 2.75) is 44.6 Å². The van der Waals surface area contributed by atoms with Gasteiger partial charge in [0.1, 0.15) is 11.1 Å². The van der Waals surface area contributed by atoms with Gasteiger partial charge in [-0.1, -0.05) is 6.92 Å². The second-order valence-corrected chi connectivity index (χ2v) is 6.88. The molecule has 0 aromatic carbocycles. The van der Waals surface area contributed by atoms with Crippen LogP contribution in [0.4, 0.5) is 5.00 Å². The van der Waals surface area contributed by atoms with E-state index in [1.54, 1.807) is 11.3 Å². The average Bonchev–Trinajstić information content (AvgIpc) is 3.03. The molecule has 0 radical (unpaired) electrons. The number of anilines is 1. The van der Waals surface area contributed by atoms with Gasteiger partial charge >= 0.3 is 0 Å². The summed E-state index contributed by atoms with van der Waals surface area (Å²) in [5.74, 6) is 0.515. The van der Waals surface area contributed by atoms with Crippen LogP contribution in [0.25, 0.3) is 0 Å². The van der Waals surface area contributed by atoms with Crippen LogP contribution in [0.5, 0.6) is 0 Å². The van der Waals surface area contributed by atoms with Crippen molar-refractivity contribution in [1.29, 1.82) is 5.26 Å². The molecule has 1 atom stereocenters. The minimum absolute atomic E-state index is 0.143. The van der Waals surface area contributed by atoms with E-state index in [-0.39, 0.29) is 5.91 Å². The summed E-state index contributed by atoms with van der Waals surface area (Å²) in [6.45, 7) is 2.23. The summed E-state index contributed by atoms with van der Waals surface area (Å²) in [7, 11) is 0. The number of fused-ring (bicyclic) bond motifs is 1. The molecule has 0 bridgehead atoms. The molecule has 4 nitrogen and oxygen atoms in total. The van der Waals surface area contributed by atoms with E-state index in [0.717, 1.165) is 37.7 Å². The largest absolute Gasteiger partial charge is 0.317 e. The number of carbonyl (C=O) groups is 1. The minimum atomic E-state index is -0.690. The summed E-state index contributed by atoms with van der Waals surface area (Å²) in [5, 5.41) is 12.9. The monoisotopic (exact) mass is 275 g/mol. The molecule has 1 saturated carbocycles. The number of hydrogen-bond acceptors (Lipinski definition) is 4. The van der Waals surface area contributed by atoms with Crippen molar-refractivity contribution in [3.05, 3.63) is 16.0 Å². The Balaban J connectivity index is 1.90. The number of nitrogens with two attached hydrogens (primary N) is 1. The lowest BCUT2D eigenvalue weighted by Gasteiger charge is -2.17. The Hall–Kier alpha value is -1.38. The smallest absolute Gasteiger partial charge is 0.245 e. The Kier molecular flexibility index (Phi) is 2.88. The molecule has 1 amide bonds. The molecular weight excluding hydrogens is 258 g/mol. The van der Waals surface area contributed by atoms with Gasteiger partial charge in [-0.15, -0.1) is 11.3 Å². The van der Waals surface area contributed by atoms with Gasteiger partial charge < -0.3 is 11.1 Å². The molecule has 0 aliphatic heterocycles. The van der Waals surface area contributed by atoms with Crippen LogP contribution in [0, 0.1) is 17.2 Å². The summed E-state index contributed by atoms with van der Waals surface area (Å²) in [4.78, 5) is 13.3. The van der Waals surface area contributed by atoms with E-state index in [2.05, 4.69) is 18.3 Å². The maximum atomic E-state index is 12.0. The number of rotatable bonds is 2. The van der Waals surface area contributed by atoms with Gasteiger partial charge in [0.05, 0.1) is 11.1 Å². The van der Waals surface area contributed by atoms with Crippen molar-refractivity contribution < 1.29 is 4.79 Å². The fourth-order valence-electron chi connectivity index (χ4n) is 2.55. The third kappa shape index (κ3) is 2.15. The third-order valence-electron chi connectivity index (χ3n) is 4.09. The molecule has 2 aliphatic carbocycles. The van der Waals surface area contributed by atoms with Gasteiger partial charge in [0.2, 0.25) is 5.91 Å². The fraction of sp³-hybridized carbons (Fsp3) is 0.571. The van der Waals surface area contributed by atoms with Crippen LogP contribution in [-0.4, -0.2) is 11.4 Å². The van der Waals surface area contributed by atoms with E-state index in [4.69, 9.17) is 5.73 Å². The highest BCUT2D eigenvalue weighted by molar-refractivity contribution is 7.16. The first-order valence-corrected chi connectivity index (χ1v) is 7.50. The first kappa shape index (κ1) is 12.6. The van der Waals surface area contributed by atoms with E-state index >= 15 is 0 Å². The summed E-state index contributed by atoms with van der Waals surface area (Å²) in [6.07, 6.45) is 4.55. The lowest BCUT2D eigenvalue weighted by molar-refractivity contribution is -0.118. The van der Waals surface area contributed by atoms with Crippen LogP contribution in [0.1, 0.15) is 42.2 Å². The average molecular weight is 275 g/mol. The highest BCUT2D eigenvalue weighted by atomic mass is 32.1. The van der Waals surface area contributed by atoms with Crippen LogP contribution in [0.2, 0.25) is 0 Å². The zero-order valence-electron chi connectivity index (χ0n) is 11.0. The van der Waals surface area contributed by atoms with Crippen LogP contribution >= 0.6 is 11.3 Å². The van der Waals surface area contributed by atoms with Gasteiger partial charge in [-0.2, -0.15) is 5.26 Å². The van der Waals surface area contributed by atoms with Crippen molar-refractivity contribution in [3.8, 4) is 6.07 Å². The molecule has 2 aliphatic rings. The Bertz CT molecular complexity index is 580. The van der Waals surface area contributed by atoms with Gasteiger partial charge in [-0.25, -0.2) is 0 Å². The Morgan fingerprint density at radius 2 is 2.32 bits per heavy atom. The molecule has 1 aromatic rings.